The Kier molecular flexibility index (Phi) is 6.82. The van der Waals surface area contributed by atoms with Crippen molar-refractivity contribution in [1.82, 2.24) is 0 Å². The van der Waals surface area contributed by atoms with Crippen molar-refractivity contribution in [3.63, 3.8) is 0 Å². The summed E-state index contributed by atoms with van der Waals surface area (Å²) in [6, 6.07) is 49.8. The lowest BCUT2D eigenvalue weighted by molar-refractivity contribution is 0.0293. The monoisotopic (exact) mass is 613 g/mol. The predicted octanol–water partition coefficient (Wildman–Crippen LogP) is 6.82. The zero-order valence-electron chi connectivity index (χ0n) is 24.2. The Morgan fingerprint density at radius 3 is 1.27 bits per heavy atom. The van der Waals surface area contributed by atoms with Crippen LogP contribution in [-0.2, 0) is 14.0 Å². The molecule has 2 fully saturated rings. The average molecular weight is 614 g/mol. The van der Waals surface area contributed by atoms with Gasteiger partial charge in [-0.2, -0.15) is 0 Å². The molecular formula is C38H33NO3P2. The van der Waals surface area contributed by atoms with E-state index in [1.807, 2.05) is 140 Å². The number of rotatable bonds is 7. The fraction of sp³-hybridized carbons (Fsp3) is 0.184. The van der Waals surface area contributed by atoms with E-state index in [0.717, 1.165) is 38.9 Å². The van der Waals surface area contributed by atoms with Crippen LogP contribution in [0.25, 0.3) is 0 Å². The third kappa shape index (κ3) is 4.08. The molecule has 1 aliphatic heterocycles. The van der Waals surface area contributed by atoms with Gasteiger partial charge >= 0.3 is 0 Å². The summed E-state index contributed by atoms with van der Waals surface area (Å²) in [4.78, 5) is 6.32. The summed E-state index contributed by atoms with van der Waals surface area (Å²) in [5, 5.41) is 7.93. The zero-order valence-corrected chi connectivity index (χ0v) is 26.0. The lowest BCUT2D eigenvalue weighted by atomic mass is 9.80. The molecule has 0 N–H and O–H groups in total. The van der Waals surface area contributed by atoms with Crippen molar-refractivity contribution >= 4 is 41.2 Å². The Bertz CT molecular complexity index is 1810. The SMILES string of the molecule is O=P(c1ccccc1)(c1ccccc1)[C@@H]1[C@H]2C[C@@H]([C@@H]3ON=C(c4ccccc4)[C@H]23)[C@@H]1P(=O)(c1ccccc1)c1ccccc1. The molecule has 5 aromatic rings. The van der Waals surface area contributed by atoms with Crippen molar-refractivity contribution in [2.24, 2.45) is 22.9 Å². The Hall–Kier alpha value is -3.97. The number of fused-ring (bicyclic) bond motifs is 5. The van der Waals surface area contributed by atoms with Crippen molar-refractivity contribution in [2.45, 2.75) is 23.8 Å². The van der Waals surface area contributed by atoms with Crippen LogP contribution in [0.15, 0.2) is 157 Å². The number of nitrogens with zero attached hydrogens (tertiary/aromatic N) is 1. The van der Waals surface area contributed by atoms with Gasteiger partial charge in [-0.3, -0.25) is 0 Å². The van der Waals surface area contributed by atoms with Gasteiger partial charge in [0, 0.05) is 44.4 Å². The molecule has 4 nitrogen and oxygen atoms in total. The van der Waals surface area contributed by atoms with Gasteiger partial charge < -0.3 is 14.0 Å². The molecule has 8 rings (SSSR count). The number of hydrogen-bond acceptors (Lipinski definition) is 4. The first-order valence-electron chi connectivity index (χ1n) is 15.3. The maximum Gasteiger partial charge on any atom is 0.147 e. The molecule has 6 heteroatoms. The molecule has 0 aromatic heterocycles. The molecule has 3 aliphatic rings. The molecule has 0 spiro atoms. The van der Waals surface area contributed by atoms with E-state index in [1.165, 1.54) is 0 Å². The van der Waals surface area contributed by atoms with E-state index >= 15 is 9.13 Å². The van der Waals surface area contributed by atoms with Gasteiger partial charge in [0.1, 0.15) is 20.4 Å². The van der Waals surface area contributed by atoms with Gasteiger partial charge in [-0.1, -0.05) is 157 Å². The second kappa shape index (κ2) is 10.9. The minimum atomic E-state index is -3.36. The molecule has 0 amide bonds. The van der Waals surface area contributed by atoms with Crippen LogP contribution in [0.1, 0.15) is 12.0 Å². The fourth-order valence-corrected chi connectivity index (χ4v) is 16.9. The molecule has 218 valence electrons. The summed E-state index contributed by atoms with van der Waals surface area (Å²) in [5.41, 5.74) is 1.19. The van der Waals surface area contributed by atoms with Gasteiger partial charge in [-0.05, 0) is 17.9 Å². The molecule has 5 aromatic carbocycles. The first kappa shape index (κ1) is 27.6. The van der Waals surface area contributed by atoms with Crippen LogP contribution in [-0.4, -0.2) is 23.1 Å². The first-order valence-corrected chi connectivity index (χ1v) is 18.9. The van der Waals surface area contributed by atoms with Gasteiger partial charge in [0.25, 0.3) is 0 Å². The van der Waals surface area contributed by atoms with Gasteiger partial charge in [0.2, 0.25) is 0 Å². The fourth-order valence-electron chi connectivity index (χ4n) is 8.39. The van der Waals surface area contributed by atoms with Gasteiger partial charge in [-0.15, -0.1) is 0 Å². The van der Waals surface area contributed by atoms with Crippen LogP contribution in [0.5, 0.6) is 0 Å². The van der Waals surface area contributed by atoms with Crippen LogP contribution in [0.2, 0.25) is 0 Å². The van der Waals surface area contributed by atoms with Crippen molar-refractivity contribution in [3.8, 4) is 0 Å². The van der Waals surface area contributed by atoms with E-state index in [1.54, 1.807) is 0 Å². The average Bonchev–Trinajstić information content (AvgIpc) is 3.82. The van der Waals surface area contributed by atoms with E-state index in [2.05, 4.69) is 12.1 Å². The first-order chi connectivity index (χ1) is 21.6. The van der Waals surface area contributed by atoms with E-state index in [9.17, 15) is 0 Å². The minimum absolute atomic E-state index is 0.0237. The minimum Gasteiger partial charge on any atom is -0.391 e. The molecule has 2 bridgehead atoms. The van der Waals surface area contributed by atoms with Gasteiger partial charge in [0.15, 0.2) is 0 Å². The smallest absolute Gasteiger partial charge is 0.147 e. The number of oxime groups is 1. The van der Waals surface area contributed by atoms with Crippen LogP contribution >= 0.6 is 14.3 Å². The summed E-state index contributed by atoms with van der Waals surface area (Å²) in [5.74, 6) is -0.125. The molecule has 0 saturated heterocycles. The number of hydrogen-bond donors (Lipinski definition) is 0. The largest absolute Gasteiger partial charge is 0.391 e. The highest BCUT2D eigenvalue weighted by atomic mass is 31.2. The summed E-state index contributed by atoms with van der Waals surface area (Å²) < 4.78 is 32.6. The highest BCUT2D eigenvalue weighted by Gasteiger charge is 2.70. The molecule has 2 aliphatic carbocycles. The van der Waals surface area contributed by atoms with Crippen molar-refractivity contribution in [2.75, 3.05) is 0 Å². The second-order valence-electron chi connectivity index (χ2n) is 12.1. The molecule has 1 heterocycles. The molecule has 2 saturated carbocycles. The van der Waals surface area contributed by atoms with Crippen molar-refractivity contribution in [3.05, 3.63) is 157 Å². The van der Waals surface area contributed by atoms with Crippen LogP contribution in [0.3, 0.4) is 0 Å². The third-order valence-corrected chi connectivity index (χ3v) is 17.6. The van der Waals surface area contributed by atoms with E-state index in [0.29, 0.717) is 0 Å². The highest BCUT2D eigenvalue weighted by molar-refractivity contribution is 7.83. The summed E-state index contributed by atoms with van der Waals surface area (Å²) in [6.45, 7) is 0. The molecule has 44 heavy (non-hydrogen) atoms. The lowest BCUT2D eigenvalue weighted by Crippen LogP contribution is -2.50. The Labute approximate surface area is 258 Å². The zero-order chi connectivity index (χ0) is 29.7. The van der Waals surface area contributed by atoms with E-state index in [4.69, 9.17) is 9.99 Å². The third-order valence-electron chi connectivity index (χ3n) is 10.1. The van der Waals surface area contributed by atoms with E-state index < -0.39 is 19.9 Å². The maximum atomic E-state index is 16.4. The second-order valence-corrected chi connectivity index (χ2v) is 18.0. The topological polar surface area (TPSA) is 55.7 Å². The Morgan fingerprint density at radius 1 is 0.500 bits per heavy atom. The Morgan fingerprint density at radius 2 is 0.864 bits per heavy atom. The molecular weight excluding hydrogens is 580 g/mol. The summed E-state index contributed by atoms with van der Waals surface area (Å²) in [7, 11) is -6.71. The van der Waals surface area contributed by atoms with Gasteiger partial charge in [0.05, 0.1) is 5.71 Å². The lowest BCUT2D eigenvalue weighted by Gasteiger charge is -2.44. The van der Waals surface area contributed by atoms with E-state index in [-0.39, 0.29) is 29.5 Å². The summed E-state index contributed by atoms with van der Waals surface area (Å²) in [6.07, 6.45) is 0.585. The standard InChI is InChI=1S/C38H33NO3P2/c40-43(28-18-8-2-9-19-28,29-20-10-3-11-21-29)37-32-26-33(36-34(32)35(39-42-36)27-16-6-1-7-17-27)38(37)44(41,30-22-12-4-13-23-30)31-24-14-5-15-25-31/h1-25,32-34,36-38H,26H2/t32-,33-,34-,36-,37+,38-/m0/s1. The quantitative estimate of drug-likeness (QED) is 0.189. The molecule has 0 radical (unpaired) electrons. The Balaban J connectivity index is 1.39. The van der Waals surface area contributed by atoms with Gasteiger partial charge in [-0.25, -0.2) is 0 Å². The summed E-state index contributed by atoms with van der Waals surface area (Å²) >= 11 is 0. The van der Waals surface area contributed by atoms with Crippen LogP contribution < -0.4 is 21.2 Å². The van der Waals surface area contributed by atoms with Crippen molar-refractivity contribution < 1.29 is 14.0 Å². The maximum absolute atomic E-state index is 16.4. The molecule has 6 atom stereocenters. The van der Waals surface area contributed by atoms with Crippen molar-refractivity contribution in [1.29, 1.82) is 0 Å². The number of benzene rings is 5. The van der Waals surface area contributed by atoms with Crippen LogP contribution in [0.4, 0.5) is 0 Å². The predicted molar refractivity (Wildman–Crippen MR) is 180 cm³/mol. The van der Waals surface area contributed by atoms with Crippen LogP contribution in [0, 0.1) is 17.8 Å². The highest BCUT2D eigenvalue weighted by Crippen LogP contribution is 2.73. The normalized spacial score (nSPS) is 25.7. The molecule has 0 unspecified atom stereocenters.